The van der Waals surface area contributed by atoms with Crippen LogP contribution in [-0.2, 0) is 15.6 Å². The Morgan fingerprint density at radius 3 is 2.57 bits per heavy atom. The molecule has 5 nitrogen and oxygen atoms in total. The van der Waals surface area contributed by atoms with Gasteiger partial charge in [0.15, 0.2) is 9.84 Å². The number of nitrogens with one attached hydrogen (secondary N) is 1. The van der Waals surface area contributed by atoms with E-state index in [1.165, 1.54) is 7.11 Å². The Balaban J connectivity index is 2.18. The molecule has 0 aromatic heterocycles. The number of benzene rings is 2. The number of anilines is 1. The zero-order chi connectivity index (χ0) is 17.0. The van der Waals surface area contributed by atoms with E-state index in [4.69, 9.17) is 16.3 Å². The van der Waals surface area contributed by atoms with E-state index in [0.717, 1.165) is 6.26 Å². The van der Waals surface area contributed by atoms with E-state index in [-0.39, 0.29) is 11.7 Å². The summed E-state index contributed by atoms with van der Waals surface area (Å²) in [4.78, 5) is 12.3. The number of sulfone groups is 1. The SMILES string of the molecule is COc1ccc(NC(=O)c2cccc(CS(C)(=O)=O)c2)cc1Cl. The molecule has 0 saturated carbocycles. The molecular formula is C16H16ClNO4S. The average molecular weight is 354 g/mol. The van der Waals surface area contributed by atoms with E-state index >= 15 is 0 Å². The predicted octanol–water partition coefficient (Wildman–Crippen LogP) is 3.15. The molecule has 0 atom stereocenters. The highest BCUT2D eigenvalue weighted by Gasteiger charge is 2.11. The summed E-state index contributed by atoms with van der Waals surface area (Å²) in [6.07, 6.45) is 1.15. The molecular weight excluding hydrogens is 338 g/mol. The van der Waals surface area contributed by atoms with Crippen molar-refractivity contribution in [3.05, 3.63) is 58.6 Å². The van der Waals surface area contributed by atoms with Crippen LogP contribution in [0.15, 0.2) is 42.5 Å². The van der Waals surface area contributed by atoms with Crippen molar-refractivity contribution in [1.82, 2.24) is 0 Å². The maximum absolute atomic E-state index is 12.3. The van der Waals surface area contributed by atoms with Crippen LogP contribution >= 0.6 is 11.6 Å². The Kier molecular flexibility index (Phi) is 5.28. The Bertz CT molecular complexity index is 834. The second-order valence-corrected chi connectivity index (χ2v) is 7.62. The van der Waals surface area contributed by atoms with Crippen molar-refractivity contribution in [3.8, 4) is 5.75 Å². The quantitative estimate of drug-likeness (QED) is 0.896. The minimum atomic E-state index is -3.15. The highest BCUT2D eigenvalue weighted by atomic mass is 35.5. The molecule has 2 rings (SSSR count). The summed E-state index contributed by atoms with van der Waals surface area (Å²) in [7, 11) is -1.65. The molecule has 0 aliphatic rings. The van der Waals surface area contributed by atoms with Gasteiger partial charge in [0.2, 0.25) is 0 Å². The molecule has 0 fully saturated rings. The number of carbonyl (C=O) groups excluding carboxylic acids is 1. The molecule has 23 heavy (non-hydrogen) atoms. The lowest BCUT2D eigenvalue weighted by Crippen LogP contribution is -2.12. The van der Waals surface area contributed by atoms with Gasteiger partial charge in [0, 0.05) is 17.5 Å². The van der Waals surface area contributed by atoms with Crippen LogP contribution in [0.3, 0.4) is 0 Å². The van der Waals surface area contributed by atoms with Gasteiger partial charge in [0.1, 0.15) is 5.75 Å². The van der Waals surface area contributed by atoms with Crippen molar-refractivity contribution in [3.63, 3.8) is 0 Å². The third-order valence-electron chi connectivity index (χ3n) is 3.03. The zero-order valence-electron chi connectivity index (χ0n) is 12.7. The van der Waals surface area contributed by atoms with Crippen molar-refractivity contribution in [2.45, 2.75) is 5.75 Å². The molecule has 0 unspecified atom stereocenters. The van der Waals surface area contributed by atoms with Gasteiger partial charge in [-0.1, -0.05) is 23.7 Å². The highest BCUT2D eigenvalue weighted by molar-refractivity contribution is 7.89. The van der Waals surface area contributed by atoms with Crippen LogP contribution in [0, 0.1) is 0 Å². The maximum Gasteiger partial charge on any atom is 0.255 e. The molecule has 7 heteroatoms. The van der Waals surface area contributed by atoms with Gasteiger partial charge in [-0.05, 0) is 35.9 Å². The van der Waals surface area contributed by atoms with E-state index in [9.17, 15) is 13.2 Å². The van der Waals surface area contributed by atoms with E-state index in [1.807, 2.05) is 0 Å². The largest absolute Gasteiger partial charge is 0.495 e. The lowest BCUT2D eigenvalue weighted by Gasteiger charge is -2.09. The van der Waals surface area contributed by atoms with Crippen LogP contribution in [0.1, 0.15) is 15.9 Å². The molecule has 1 amide bonds. The summed E-state index contributed by atoms with van der Waals surface area (Å²) in [5.41, 5.74) is 1.46. The van der Waals surface area contributed by atoms with Crippen molar-refractivity contribution < 1.29 is 17.9 Å². The molecule has 0 aliphatic carbocycles. The van der Waals surface area contributed by atoms with Crippen molar-refractivity contribution in [2.75, 3.05) is 18.7 Å². The fourth-order valence-corrected chi connectivity index (χ4v) is 3.10. The van der Waals surface area contributed by atoms with Gasteiger partial charge in [-0.15, -0.1) is 0 Å². The van der Waals surface area contributed by atoms with Crippen molar-refractivity contribution in [1.29, 1.82) is 0 Å². The summed E-state index contributed by atoms with van der Waals surface area (Å²) in [5.74, 6) is 0.0593. The second kappa shape index (κ2) is 7.02. The number of methoxy groups -OCH3 is 1. The first-order chi connectivity index (χ1) is 10.8. The van der Waals surface area contributed by atoms with E-state index < -0.39 is 9.84 Å². The lowest BCUT2D eigenvalue weighted by molar-refractivity contribution is 0.102. The van der Waals surface area contributed by atoms with Crippen LogP contribution in [-0.4, -0.2) is 27.7 Å². The normalized spacial score (nSPS) is 11.1. The molecule has 0 heterocycles. The molecule has 122 valence electrons. The van der Waals surface area contributed by atoms with E-state index in [1.54, 1.807) is 42.5 Å². The summed E-state index contributed by atoms with van der Waals surface area (Å²) < 4.78 is 27.7. The molecule has 0 bridgehead atoms. The number of hydrogen-bond acceptors (Lipinski definition) is 4. The van der Waals surface area contributed by atoms with Crippen molar-refractivity contribution in [2.24, 2.45) is 0 Å². The molecule has 2 aromatic rings. The zero-order valence-corrected chi connectivity index (χ0v) is 14.2. The first-order valence-electron chi connectivity index (χ1n) is 6.70. The van der Waals surface area contributed by atoms with Gasteiger partial charge in [-0.25, -0.2) is 8.42 Å². The Labute approximate surface area is 140 Å². The van der Waals surface area contributed by atoms with Gasteiger partial charge in [0.25, 0.3) is 5.91 Å². The van der Waals surface area contributed by atoms with Crippen LogP contribution in [0.25, 0.3) is 0 Å². The van der Waals surface area contributed by atoms with Gasteiger partial charge in [-0.2, -0.15) is 0 Å². The standard InChI is InChI=1S/C16H16ClNO4S/c1-22-15-7-6-13(9-14(15)17)18-16(19)12-5-3-4-11(8-12)10-23(2,20)21/h3-9H,10H2,1-2H3,(H,18,19). The summed E-state index contributed by atoms with van der Waals surface area (Å²) in [5, 5.41) is 3.10. The fraction of sp³-hybridized carbons (Fsp3) is 0.188. The van der Waals surface area contributed by atoms with Crippen LogP contribution < -0.4 is 10.1 Å². The van der Waals surface area contributed by atoms with E-state index in [0.29, 0.717) is 27.6 Å². The van der Waals surface area contributed by atoms with Crippen LogP contribution in [0.2, 0.25) is 5.02 Å². The fourth-order valence-electron chi connectivity index (χ4n) is 2.05. The predicted molar refractivity (Wildman–Crippen MR) is 90.9 cm³/mol. The monoisotopic (exact) mass is 353 g/mol. The summed E-state index contributed by atoms with van der Waals surface area (Å²) >= 11 is 6.01. The van der Waals surface area contributed by atoms with Gasteiger partial charge >= 0.3 is 0 Å². The lowest BCUT2D eigenvalue weighted by atomic mass is 10.1. The number of halogens is 1. The van der Waals surface area contributed by atoms with Gasteiger partial charge in [0.05, 0.1) is 17.9 Å². The number of carbonyl (C=O) groups is 1. The molecule has 0 radical (unpaired) electrons. The summed E-state index contributed by atoms with van der Waals surface area (Å²) in [6, 6.07) is 11.4. The third kappa shape index (κ3) is 4.97. The number of hydrogen-bond donors (Lipinski definition) is 1. The molecule has 0 aliphatic heterocycles. The first-order valence-corrected chi connectivity index (χ1v) is 9.14. The molecule has 0 spiro atoms. The van der Waals surface area contributed by atoms with E-state index in [2.05, 4.69) is 5.32 Å². The number of ether oxygens (including phenoxy) is 1. The van der Waals surface area contributed by atoms with Gasteiger partial charge in [-0.3, -0.25) is 4.79 Å². The van der Waals surface area contributed by atoms with Crippen LogP contribution in [0.5, 0.6) is 5.75 Å². The highest BCUT2D eigenvalue weighted by Crippen LogP contribution is 2.27. The number of amides is 1. The number of rotatable bonds is 5. The Hall–Kier alpha value is -2.05. The van der Waals surface area contributed by atoms with Crippen molar-refractivity contribution >= 4 is 33.0 Å². The molecule has 1 N–H and O–H groups in total. The Morgan fingerprint density at radius 1 is 1.22 bits per heavy atom. The third-order valence-corrected chi connectivity index (χ3v) is 4.18. The Morgan fingerprint density at radius 2 is 1.96 bits per heavy atom. The summed E-state index contributed by atoms with van der Waals surface area (Å²) in [6.45, 7) is 0. The van der Waals surface area contributed by atoms with Gasteiger partial charge < -0.3 is 10.1 Å². The van der Waals surface area contributed by atoms with Crippen LogP contribution in [0.4, 0.5) is 5.69 Å². The molecule has 2 aromatic carbocycles. The first kappa shape index (κ1) is 17.3. The minimum Gasteiger partial charge on any atom is -0.495 e. The molecule has 0 saturated heterocycles. The second-order valence-electron chi connectivity index (χ2n) is 5.07. The smallest absolute Gasteiger partial charge is 0.255 e. The maximum atomic E-state index is 12.3. The minimum absolute atomic E-state index is 0.109. The average Bonchev–Trinajstić information content (AvgIpc) is 2.46. The topological polar surface area (TPSA) is 72.5 Å².